The van der Waals surface area contributed by atoms with Crippen LogP contribution in [0.25, 0.3) is 0 Å². The van der Waals surface area contributed by atoms with Crippen molar-refractivity contribution in [3.8, 4) is 0 Å². The minimum atomic E-state index is -0.380. The zero-order valence-corrected chi connectivity index (χ0v) is 17.2. The van der Waals surface area contributed by atoms with Gasteiger partial charge in [0.25, 0.3) is 5.56 Å². The molecule has 0 bridgehead atoms. The highest BCUT2D eigenvalue weighted by Crippen LogP contribution is 2.16. The molecule has 0 saturated carbocycles. The minimum absolute atomic E-state index is 0.0549. The summed E-state index contributed by atoms with van der Waals surface area (Å²) in [6.07, 6.45) is 1.72. The average Bonchev–Trinajstić information content (AvgIpc) is 2.70. The van der Waals surface area contributed by atoms with E-state index in [-0.39, 0.29) is 22.9 Å². The van der Waals surface area contributed by atoms with Gasteiger partial charge in [-0.15, -0.1) is 0 Å². The number of hydrogen-bond donors (Lipinski definition) is 2. The van der Waals surface area contributed by atoms with Gasteiger partial charge in [-0.2, -0.15) is 5.10 Å². The van der Waals surface area contributed by atoms with E-state index < -0.39 is 0 Å². The highest BCUT2D eigenvalue weighted by atomic mass is 79.9. The molecular formula is C20H18BrClN4O2. The van der Waals surface area contributed by atoms with Gasteiger partial charge in [-0.05, 0) is 29.8 Å². The monoisotopic (exact) mass is 460 g/mol. The molecule has 2 N–H and O–H groups in total. The number of aromatic nitrogens is 2. The quantitative estimate of drug-likeness (QED) is 0.554. The fraction of sp³-hybridized carbons (Fsp3) is 0.150. The molecule has 0 aliphatic heterocycles. The van der Waals surface area contributed by atoms with E-state index >= 15 is 0 Å². The number of carbonyl (C=O) groups is 1. The van der Waals surface area contributed by atoms with Crippen LogP contribution in [0.4, 0.5) is 11.4 Å². The summed E-state index contributed by atoms with van der Waals surface area (Å²) < 4.78 is 2.25. The lowest BCUT2D eigenvalue weighted by Gasteiger charge is -2.11. The predicted octanol–water partition coefficient (Wildman–Crippen LogP) is 4.15. The Morgan fingerprint density at radius 1 is 1.11 bits per heavy atom. The van der Waals surface area contributed by atoms with Crippen molar-refractivity contribution in [1.82, 2.24) is 9.78 Å². The first-order chi connectivity index (χ1) is 13.5. The highest BCUT2D eigenvalue weighted by Gasteiger charge is 2.10. The van der Waals surface area contributed by atoms with Gasteiger partial charge in [-0.3, -0.25) is 9.59 Å². The second-order valence-electron chi connectivity index (χ2n) is 6.05. The Balaban J connectivity index is 1.56. The number of anilines is 2. The van der Waals surface area contributed by atoms with E-state index in [2.05, 4.69) is 31.7 Å². The van der Waals surface area contributed by atoms with Crippen LogP contribution in [0.2, 0.25) is 5.02 Å². The first-order valence-corrected chi connectivity index (χ1v) is 9.79. The SMILES string of the molecule is O=C(CCNc1cnn(Cc2ccccc2)c(=O)c1Cl)Nc1ccc(Br)cc1. The molecular weight excluding hydrogens is 444 g/mol. The Hall–Kier alpha value is -2.64. The van der Waals surface area contributed by atoms with Crippen LogP contribution in [-0.4, -0.2) is 22.2 Å². The molecule has 28 heavy (non-hydrogen) atoms. The lowest BCUT2D eigenvalue weighted by Crippen LogP contribution is -2.25. The topological polar surface area (TPSA) is 76.0 Å². The Morgan fingerprint density at radius 3 is 2.54 bits per heavy atom. The van der Waals surface area contributed by atoms with Crippen LogP contribution in [0.5, 0.6) is 0 Å². The van der Waals surface area contributed by atoms with E-state index in [1.54, 1.807) is 0 Å². The van der Waals surface area contributed by atoms with E-state index in [0.717, 1.165) is 15.7 Å². The Morgan fingerprint density at radius 2 is 1.82 bits per heavy atom. The standard InChI is InChI=1S/C20H18BrClN4O2/c21-15-6-8-16(9-7-15)25-18(27)10-11-23-17-12-24-26(20(28)19(17)22)13-14-4-2-1-3-5-14/h1-9,12,23H,10-11,13H2,(H,25,27). The number of benzene rings is 2. The molecule has 0 atom stereocenters. The summed E-state index contributed by atoms with van der Waals surface area (Å²) in [5, 5.41) is 10.0. The largest absolute Gasteiger partial charge is 0.382 e. The van der Waals surface area contributed by atoms with Crippen LogP contribution in [0, 0.1) is 0 Å². The molecule has 0 fully saturated rings. The first-order valence-electron chi connectivity index (χ1n) is 8.62. The van der Waals surface area contributed by atoms with E-state index in [1.165, 1.54) is 10.9 Å². The lowest BCUT2D eigenvalue weighted by molar-refractivity contribution is -0.115. The number of hydrogen-bond acceptors (Lipinski definition) is 4. The van der Waals surface area contributed by atoms with Gasteiger partial charge in [0, 0.05) is 23.1 Å². The van der Waals surface area contributed by atoms with Crippen molar-refractivity contribution in [2.75, 3.05) is 17.2 Å². The number of halogens is 2. The third-order valence-electron chi connectivity index (χ3n) is 3.96. The number of rotatable bonds is 7. The second kappa shape index (κ2) is 9.52. The molecule has 0 aliphatic rings. The molecule has 3 rings (SSSR count). The van der Waals surface area contributed by atoms with Gasteiger partial charge in [0.05, 0.1) is 18.4 Å². The summed E-state index contributed by atoms with van der Waals surface area (Å²) in [4.78, 5) is 24.4. The lowest BCUT2D eigenvalue weighted by atomic mass is 10.2. The molecule has 0 unspecified atom stereocenters. The second-order valence-corrected chi connectivity index (χ2v) is 7.35. The Kier molecular flexibility index (Phi) is 6.84. The number of nitrogens with zero attached hydrogens (tertiary/aromatic N) is 2. The third-order valence-corrected chi connectivity index (χ3v) is 4.85. The summed E-state index contributed by atoms with van der Waals surface area (Å²) in [6, 6.07) is 16.9. The summed E-state index contributed by atoms with van der Waals surface area (Å²) >= 11 is 9.53. The van der Waals surface area contributed by atoms with Crippen LogP contribution in [0.1, 0.15) is 12.0 Å². The molecule has 0 aliphatic carbocycles. The highest BCUT2D eigenvalue weighted by molar-refractivity contribution is 9.10. The zero-order chi connectivity index (χ0) is 19.9. The summed E-state index contributed by atoms with van der Waals surface area (Å²) in [5.41, 5.74) is 1.71. The number of amides is 1. The van der Waals surface area contributed by atoms with Crippen molar-refractivity contribution >= 4 is 44.8 Å². The van der Waals surface area contributed by atoms with E-state index in [1.807, 2.05) is 54.6 Å². The number of carbonyl (C=O) groups excluding carboxylic acids is 1. The average molecular weight is 462 g/mol. The van der Waals surface area contributed by atoms with Crippen molar-refractivity contribution in [2.45, 2.75) is 13.0 Å². The molecule has 0 spiro atoms. The van der Waals surface area contributed by atoms with Crippen LogP contribution in [-0.2, 0) is 11.3 Å². The molecule has 6 nitrogen and oxygen atoms in total. The van der Waals surface area contributed by atoms with Crippen LogP contribution in [0.15, 0.2) is 70.1 Å². The molecule has 3 aromatic rings. The summed E-state index contributed by atoms with van der Waals surface area (Å²) in [6.45, 7) is 0.668. The molecule has 0 saturated heterocycles. The Labute approximate surface area is 175 Å². The van der Waals surface area contributed by atoms with Gasteiger partial charge in [-0.1, -0.05) is 57.9 Å². The zero-order valence-electron chi connectivity index (χ0n) is 14.9. The molecule has 8 heteroatoms. The molecule has 1 aromatic heterocycles. The molecule has 144 valence electrons. The minimum Gasteiger partial charge on any atom is -0.382 e. The van der Waals surface area contributed by atoms with Crippen molar-refractivity contribution in [3.63, 3.8) is 0 Å². The van der Waals surface area contributed by atoms with Gasteiger partial charge in [0.15, 0.2) is 0 Å². The predicted molar refractivity (Wildman–Crippen MR) is 115 cm³/mol. The number of nitrogens with one attached hydrogen (secondary N) is 2. The van der Waals surface area contributed by atoms with Gasteiger partial charge >= 0.3 is 0 Å². The van der Waals surface area contributed by atoms with Gasteiger partial charge < -0.3 is 10.6 Å². The van der Waals surface area contributed by atoms with Crippen LogP contribution in [0.3, 0.4) is 0 Å². The van der Waals surface area contributed by atoms with Crippen molar-refractivity contribution in [3.05, 3.63) is 86.2 Å². The molecule has 0 radical (unpaired) electrons. The fourth-order valence-corrected chi connectivity index (χ4v) is 3.00. The van der Waals surface area contributed by atoms with Gasteiger partial charge in [-0.25, -0.2) is 4.68 Å². The summed E-state index contributed by atoms with van der Waals surface area (Å²) in [5.74, 6) is -0.142. The first kappa shape index (κ1) is 20.1. The fourth-order valence-electron chi connectivity index (χ4n) is 2.52. The van der Waals surface area contributed by atoms with Crippen molar-refractivity contribution in [1.29, 1.82) is 0 Å². The van der Waals surface area contributed by atoms with Crippen molar-refractivity contribution in [2.24, 2.45) is 0 Å². The maximum Gasteiger partial charge on any atom is 0.287 e. The van der Waals surface area contributed by atoms with Crippen LogP contribution < -0.4 is 16.2 Å². The molecule has 1 heterocycles. The molecule has 1 amide bonds. The van der Waals surface area contributed by atoms with Crippen molar-refractivity contribution < 1.29 is 4.79 Å². The maximum absolute atomic E-state index is 12.4. The molecule has 2 aromatic carbocycles. The Bertz CT molecular complexity index is 1010. The smallest absolute Gasteiger partial charge is 0.287 e. The van der Waals surface area contributed by atoms with E-state index in [0.29, 0.717) is 18.8 Å². The third kappa shape index (κ3) is 5.43. The van der Waals surface area contributed by atoms with Gasteiger partial charge in [0.2, 0.25) is 5.91 Å². The van der Waals surface area contributed by atoms with Gasteiger partial charge in [0.1, 0.15) is 5.02 Å². The maximum atomic E-state index is 12.4. The van der Waals surface area contributed by atoms with E-state index in [4.69, 9.17) is 11.6 Å². The normalized spacial score (nSPS) is 10.5. The summed E-state index contributed by atoms with van der Waals surface area (Å²) in [7, 11) is 0. The van der Waals surface area contributed by atoms with E-state index in [9.17, 15) is 9.59 Å². The van der Waals surface area contributed by atoms with Crippen LogP contribution >= 0.6 is 27.5 Å².